The molecule has 0 unspecified atom stereocenters. The maximum absolute atomic E-state index is 11.6. The molecule has 1 aromatic heterocycles. The molecular weight excluding hydrogens is 274 g/mol. The topological polar surface area (TPSA) is 62.5 Å². The van der Waals surface area contributed by atoms with Gasteiger partial charge in [0.15, 0.2) is 10.4 Å². The van der Waals surface area contributed by atoms with E-state index in [-0.39, 0.29) is 18.2 Å². The van der Waals surface area contributed by atoms with E-state index in [0.717, 1.165) is 0 Å². The van der Waals surface area contributed by atoms with Crippen LogP contribution in [0.5, 0.6) is 0 Å². The molecule has 5 heteroatoms. The van der Waals surface area contributed by atoms with Gasteiger partial charge >= 0.3 is 0 Å². The van der Waals surface area contributed by atoms with E-state index < -0.39 is 5.60 Å². The Labute approximate surface area is 103 Å². The van der Waals surface area contributed by atoms with Crippen LogP contribution in [0.2, 0.25) is 0 Å². The number of rotatable bonds is 5. The second-order valence-electron chi connectivity index (χ2n) is 3.72. The van der Waals surface area contributed by atoms with Gasteiger partial charge in [0.1, 0.15) is 0 Å². The van der Waals surface area contributed by atoms with Gasteiger partial charge in [-0.3, -0.25) is 4.79 Å². The Morgan fingerprint density at radius 2 is 2.12 bits per heavy atom. The van der Waals surface area contributed by atoms with Crippen LogP contribution in [0, 0.1) is 0 Å². The van der Waals surface area contributed by atoms with Gasteiger partial charge in [0.25, 0.3) is 5.91 Å². The number of aliphatic hydroxyl groups is 1. The van der Waals surface area contributed by atoms with Crippen molar-refractivity contribution in [1.82, 2.24) is 5.32 Å². The predicted molar refractivity (Wildman–Crippen MR) is 64.3 cm³/mol. The van der Waals surface area contributed by atoms with Gasteiger partial charge in [0, 0.05) is 6.54 Å². The van der Waals surface area contributed by atoms with Crippen LogP contribution in [0.25, 0.3) is 0 Å². The van der Waals surface area contributed by atoms with Gasteiger partial charge in [-0.25, -0.2) is 0 Å². The molecule has 1 rings (SSSR count). The van der Waals surface area contributed by atoms with Crippen molar-refractivity contribution in [2.45, 2.75) is 32.3 Å². The smallest absolute Gasteiger partial charge is 0.287 e. The van der Waals surface area contributed by atoms with Crippen LogP contribution in [0.15, 0.2) is 21.2 Å². The third-order valence-corrected chi connectivity index (χ3v) is 3.12. The molecular formula is C11H16BrNO3. The summed E-state index contributed by atoms with van der Waals surface area (Å²) in [5.74, 6) is -0.0764. The average Bonchev–Trinajstić information content (AvgIpc) is 2.72. The number of hydrogen-bond donors (Lipinski definition) is 2. The summed E-state index contributed by atoms with van der Waals surface area (Å²) in [7, 11) is 0. The summed E-state index contributed by atoms with van der Waals surface area (Å²) >= 11 is 3.12. The second kappa shape index (κ2) is 5.50. The maximum Gasteiger partial charge on any atom is 0.287 e. The minimum Gasteiger partial charge on any atom is -0.444 e. The summed E-state index contributed by atoms with van der Waals surface area (Å²) < 4.78 is 5.61. The van der Waals surface area contributed by atoms with Gasteiger partial charge in [-0.15, -0.1) is 0 Å². The summed E-state index contributed by atoms with van der Waals surface area (Å²) in [5, 5.41) is 12.6. The molecule has 0 aliphatic heterocycles. The normalized spacial score (nSPS) is 11.5. The van der Waals surface area contributed by atoms with Crippen LogP contribution in [-0.2, 0) is 0 Å². The van der Waals surface area contributed by atoms with Crippen molar-refractivity contribution < 1.29 is 14.3 Å². The molecule has 1 heterocycles. The van der Waals surface area contributed by atoms with Crippen molar-refractivity contribution in [2.75, 3.05) is 6.54 Å². The van der Waals surface area contributed by atoms with Gasteiger partial charge in [0.05, 0.1) is 5.60 Å². The lowest BCUT2D eigenvalue weighted by Gasteiger charge is -2.24. The van der Waals surface area contributed by atoms with Crippen LogP contribution < -0.4 is 5.32 Å². The van der Waals surface area contributed by atoms with Crippen molar-refractivity contribution >= 4 is 21.8 Å². The van der Waals surface area contributed by atoms with Crippen LogP contribution >= 0.6 is 15.9 Å². The SMILES string of the molecule is CCC(O)(CC)CNC(=O)c1ccc(Br)o1. The zero-order chi connectivity index (χ0) is 12.2. The fourth-order valence-corrected chi connectivity index (χ4v) is 1.57. The Kier molecular flexibility index (Phi) is 4.56. The molecule has 0 aliphatic carbocycles. The van der Waals surface area contributed by atoms with Crippen molar-refractivity contribution in [3.8, 4) is 0 Å². The Balaban J connectivity index is 2.53. The average molecular weight is 290 g/mol. The molecule has 0 saturated carbocycles. The van der Waals surface area contributed by atoms with Gasteiger partial charge in [-0.1, -0.05) is 13.8 Å². The van der Waals surface area contributed by atoms with Crippen LogP contribution in [0.4, 0.5) is 0 Å². The summed E-state index contributed by atoms with van der Waals surface area (Å²) in [4.78, 5) is 11.6. The van der Waals surface area contributed by atoms with E-state index in [0.29, 0.717) is 17.5 Å². The summed E-state index contributed by atoms with van der Waals surface area (Å²) in [6.45, 7) is 4.01. The third-order valence-electron chi connectivity index (χ3n) is 2.69. The first-order chi connectivity index (χ1) is 7.50. The van der Waals surface area contributed by atoms with Crippen molar-refractivity contribution in [3.63, 3.8) is 0 Å². The fourth-order valence-electron chi connectivity index (χ4n) is 1.27. The van der Waals surface area contributed by atoms with Gasteiger partial charge in [0.2, 0.25) is 0 Å². The first-order valence-electron chi connectivity index (χ1n) is 5.26. The highest BCUT2D eigenvalue weighted by Crippen LogP contribution is 2.15. The van der Waals surface area contributed by atoms with Gasteiger partial charge < -0.3 is 14.8 Å². The Morgan fingerprint density at radius 3 is 2.56 bits per heavy atom. The largest absolute Gasteiger partial charge is 0.444 e. The molecule has 0 spiro atoms. The minimum atomic E-state index is -0.834. The van der Waals surface area contributed by atoms with Crippen molar-refractivity contribution in [1.29, 1.82) is 0 Å². The molecule has 4 nitrogen and oxygen atoms in total. The summed E-state index contributed by atoms with van der Waals surface area (Å²) in [6.07, 6.45) is 1.21. The first-order valence-corrected chi connectivity index (χ1v) is 6.06. The molecule has 1 aromatic rings. The number of hydrogen-bond acceptors (Lipinski definition) is 3. The van der Waals surface area contributed by atoms with E-state index in [9.17, 15) is 9.90 Å². The third kappa shape index (κ3) is 3.35. The predicted octanol–water partition coefficient (Wildman–Crippen LogP) is 2.32. The highest BCUT2D eigenvalue weighted by molar-refractivity contribution is 9.10. The Morgan fingerprint density at radius 1 is 1.50 bits per heavy atom. The van der Waals surface area contributed by atoms with E-state index in [1.807, 2.05) is 13.8 Å². The van der Waals surface area contributed by atoms with E-state index in [4.69, 9.17) is 4.42 Å². The zero-order valence-corrected chi connectivity index (χ0v) is 11.0. The summed E-state index contributed by atoms with van der Waals surface area (Å²) in [6, 6.07) is 3.23. The van der Waals surface area contributed by atoms with Gasteiger partial charge in [-0.2, -0.15) is 0 Å². The van der Waals surface area contributed by atoms with Crippen LogP contribution in [0.1, 0.15) is 37.2 Å². The minimum absolute atomic E-state index is 0.233. The Hall–Kier alpha value is -0.810. The quantitative estimate of drug-likeness (QED) is 0.874. The summed E-state index contributed by atoms with van der Waals surface area (Å²) in [5.41, 5.74) is -0.834. The maximum atomic E-state index is 11.6. The number of carbonyl (C=O) groups excluding carboxylic acids is 1. The lowest BCUT2D eigenvalue weighted by molar-refractivity contribution is 0.0309. The number of furan rings is 1. The van der Waals surface area contributed by atoms with Crippen LogP contribution in [-0.4, -0.2) is 23.2 Å². The molecule has 0 aromatic carbocycles. The molecule has 0 radical (unpaired) electrons. The fraction of sp³-hybridized carbons (Fsp3) is 0.545. The second-order valence-corrected chi connectivity index (χ2v) is 4.50. The lowest BCUT2D eigenvalue weighted by atomic mass is 9.98. The molecule has 0 atom stereocenters. The van der Waals surface area contributed by atoms with Gasteiger partial charge in [-0.05, 0) is 40.9 Å². The first kappa shape index (κ1) is 13.3. The molecule has 0 aliphatic rings. The molecule has 2 N–H and O–H groups in total. The number of amides is 1. The number of halogens is 1. The van der Waals surface area contributed by atoms with E-state index in [1.165, 1.54) is 0 Å². The highest BCUT2D eigenvalue weighted by atomic mass is 79.9. The van der Waals surface area contributed by atoms with Crippen LogP contribution in [0.3, 0.4) is 0 Å². The molecule has 1 amide bonds. The Bertz CT molecular complexity index is 358. The molecule has 0 bridgehead atoms. The van der Waals surface area contributed by atoms with Crippen molar-refractivity contribution in [2.24, 2.45) is 0 Å². The van der Waals surface area contributed by atoms with Crippen molar-refractivity contribution in [3.05, 3.63) is 22.6 Å². The van der Waals surface area contributed by atoms with E-state index in [1.54, 1.807) is 12.1 Å². The number of carbonyl (C=O) groups is 1. The lowest BCUT2D eigenvalue weighted by Crippen LogP contribution is -2.41. The molecule has 0 saturated heterocycles. The monoisotopic (exact) mass is 289 g/mol. The van der Waals surface area contributed by atoms with E-state index in [2.05, 4.69) is 21.2 Å². The number of nitrogens with one attached hydrogen (secondary N) is 1. The standard InChI is InChI=1S/C11H16BrNO3/c1-3-11(15,4-2)7-13-10(14)8-5-6-9(12)16-8/h5-6,15H,3-4,7H2,1-2H3,(H,13,14). The molecule has 0 fully saturated rings. The zero-order valence-electron chi connectivity index (χ0n) is 9.42. The molecule has 16 heavy (non-hydrogen) atoms. The molecule has 90 valence electrons. The highest BCUT2D eigenvalue weighted by Gasteiger charge is 2.23. The van der Waals surface area contributed by atoms with E-state index >= 15 is 0 Å².